The Morgan fingerprint density at radius 1 is 1.11 bits per heavy atom. The van der Waals surface area contributed by atoms with Gasteiger partial charge in [-0.2, -0.15) is 0 Å². The van der Waals surface area contributed by atoms with Gasteiger partial charge < -0.3 is 9.88 Å². The first-order valence-corrected chi connectivity index (χ1v) is 7.94. The molecule has 8 heteroatoms. The number of nitro groups is 1. The van der Waals surface area contributed by atoms with Crippen LogP contribution in [-0.2, 0) is 6.54 Å². The van der Waals surface area contributed by atoms with E-state index in [1.165, 1.54) is 53.2 Å². The van der Waals surface area contributed by atoms with Gasteiger partial charge in [-0.3, -0.25) is 19.7 Å². The van der Waals surface area contributed by atoms with E-state index in [-0.39, 0.29) is 17.8 Å². The Morgan fingerprint density at radius 3 is 2.52 bits per heavy atom. The minimum atomic E-state index is -0.637. The molecule has 136 valence electrons. The van der Waals surface area contributed by atoms with Gasteiger partial charge in [-0.15, -0.1) is 0 Å². The second-order valence-corrected chi connectivity index (χ2v) is 5.74. The number of benzene rings is 2. The van der Waals surface area contributed by atoms with E-state index < -0.39 is 22.2 Å². The van der Waals surface area contributed by atoms with E-state index in [0.29, 0.717) is 11.3 Å². The molecular weight excluding hydrogens is 353 g/mol. The highest BCUT2D eigenvalue weighted by atomic mass is 19.1. The summed E-state index contributed by atoms with van der Waals surface area (Å²) in [6.07, 6.45) is 1.51. The monoisotopic (exact) mass is 367 g/mol. The molecule has 0 spiro atoms. The third-order valence-electron chi connectivity index (χ3n) is 3.84. The number of amides is 1. The number of anilines is 1. The van der Waals surface area contributed by atoms with Crippen molar-refractivity contribution < 1.29 is 14.1 Å². The summed E-state index contributed by atoms with van der Waals surface area (Å²) < 4.78 is 14.6. The van der Waals surface area contributed by atoms with Crippen LogP contribution in [0, 0.1) is 15.9 Å². The van der Waals surface area contributed by atoms with Gasteiger partial charge in [-0.25, -0.2) is 4.39 Å². The standard InChI is InChI=1S/C19H14FN3O4/c20-14-4-1-3-13(11-14)12-22-10-2-5-17(19(22)25)18(24)21-15-6-8-16(9-7-15)23(26)27/h1-11H,12H2,(H,21,24). The molecule has 0 radical (unpaired) electrons. The molecule has 0 saturated heterocycles. The second kappa shape index (κ2) is 7.61. The summed E-state index contributed by atoms with van der Waals surface area (Å²) in [5.41, 5.74) is 0.189. The lowest BCUT2D eigenvalue weighted by atomic mass is 10.2. The van der Waals surface area contributed by atoms with E-state index in [0.717, 1.165) is 0 Å². The third-order valence-corrected chi connectivity index (χ3v) is 3.84. The zero-order valence-electron chi connectivity index (χ0n) is 14.0. The molecule has 2 aromatic carbocycles. The number of nitrogens with zero attached hydrogens (tertiary/aromatic N) is 2. The number of carbonyl (C=O) groups excluding carboxylic acids is 1. The summed E-state index contributed by atoms with van der Waals surface area (Å²) in [6, 6.07) is 14.0. The third kappa shape index (κ3) is 4.24. The Kier molecular flexibility index (Phi) is 5.07. The predicted octanol–water partition coefficient (Wildman–Crippen LogP) is 3.20. The van der Waals surface area contributed by atoms with Gasteiger partial charge in [-0.05, 0) is 42.0 Å². The first kappa shape index (κ1) is 18.0. The zero-order chi connectivity index (χ0) is 19.4. The average molecular weight is 367 g/mol. The van der Waals surface area contributed by atoms with Crippen LogP contribution in [-0.4, -0.2) is 15.4 Å². The maximum atomic E-state index is 13.3. The van der Waals surface area contributed by atoms with Crippen molar-refractivity contribution in [1.82, 2.24) is 4.57 Å². The fourth-order valence-corrected chi connectivity index (χ4v) is 2.53. The molecule has 0 unspecified atom stereocenters. The van der Waals surface area contributed by atoms with Crippen molar-refractivity contribution in [3.05, 3.63) is 104 Å². The van der Waals surface area contributed by atoms with E-state index in [1.807, 2.05) is 0 Å². The van der Waals surface area contributed by atoms with Crippen molar-refractivity contribution in [2.45, 2.75) is 6.54 Å². The largest absolute Gasteiger partial charge is 0.322 e. The first-order chi connectivity index (χ1) is 12.9. The van der Waals surface area contributed by atoms with Gasteiger partial charge in [0.05, 0.1) is 11.5 Å². The predicted molar refractivity (Wildman–Crippen MR) is 97.3 cm³/mol. The van der Waals surface area contributed by atoms with Crippen LogP contribution in [0.4, 0.5) is 15.8 Å². The van der Waals surface area contributed by atoms with Crippen molar-refractivity contribution in [1.29, 1.82) is 0 Å². The molecule has 0 atom stereocenters. The number of hydrogen-bond acceptors (Lipinski definition) is 4. The van der Waals surface area contributed by atoms with Crippen LogP contribution >= 0.6 is 0 Å². The van der Waals surface area contributed by atoms with E-state index in [4.69, 9.17) is 0 Å². The molecule has 1 aromatic heterocycles. The number of nitro benzene ring substituents is 1. The molecule has 27 heavy (non-hydrogen) atoms. The number of nitrogens with one attached hydrogen (secondary N) is 1. The number of halogens is 1. The lowest BCUT2D eigenvalue weighted by Crippen LogP contribution is -2.29. The Balaban J connectivity index is 1.81. The average Bonchev–Trinajstić information content (AvgIpc) is 2.64. The topological polar surface area (TPSA) is 94.2 Å². The Hall–Kier alpha value is -3.81. The number of non-ortho nitro benzene ring substituents is 1. The highest BCUT2D eigenvalue weighted by Gasteiger charge is 2.13. The van der Waals surface area contributed by atoms with Crippen molar-refractivity contribution in [2.24, 2.45) is 0 Å². The molecule has 1 amide bonds. The number of rotatable bonds is 5. The van der Waals surface area contributed by atoms with Gasteiger partial charge in [0.25, 0.3) is 17.2 Å². The zero-order valence-corrected chi connectivity index (χ0v) is 14.0. The summed E-state index contributed by atoms with van der Waals surface area (Å²) in [7, 11) is 0. The van der Waals surface area contributed by atoms with Gasteiger partial charge in [0.1, 0.15) is 11.4 Å². The molecule has 0 aliphatic heterocycles. The van der Waals surface area contributed by atoms with Gasteiger partial charge in [0, 0.05) is 24.0 Å². The van der Waals surface area contributed by atoms with Crippen LogP contribution in [0.3, 0.4) is 0 Å². The van der Waals surface area contributed by atoms with Crippen LogP contribution in [0.25, 0.3) is 0 Å². The van der Waals surface area contributed by atoms with Crippen LogP contribution in [0.5, 0.6) is 0 Å². The molecule has 1 heterocycles. The molecule has 0 saturated carbocycles. The van der Waals surface area contributed by atoms with Crippen LogP contribution in [0.2, 0.25) is 0 Å². The maximum absolute atomic E-state index is 13.3. The fourth-order valence-electron chi connectivity index (χ4n) is 2.53. The number of aromatic nitrogens is 1. The van der Waals surface area contributed by atoms with Crippen LogP contribution in [0.15, 0.2) is 71.7 Å². The van der Waals surface area contributed by atoms with Gasteiger partial charge in [0.15, 0.2) is 0 Å². The van der Waals surface area contributed by atoms with Crippen molar-refractivity contribution >= 4 is 17.3 Å². The summed E-state index contributed by atoms with van der Waals surface area (Å²) >= 11 is 0. The second-order valence-electron chi connectivity index (χ2n) is 5.74. The SMILES string of the molecule is O=C(Nc1ccc([N+](=O)[O-])cc1)c1cccn(Cc2cccc(F)c2)c1=O. The quantitative estimate of drug-likeness (QED) is 0.553. The normalized spacial score (nSPS) is 10.4. The molecule has 7 nitrogen and oxygen atoms in total. The minimum Gasteiger partial charge on any atom is -0.322 e. The molecular formula is C19H14FN3O4. The fraction of sp³-hybridized carbons (Fsp3) is 0.0526. The molecule has 3 rings (SSSR count). The van der Waals surface area contributed by atoms with Crippen molar-refractivity contribution in [3.63, 3.8) is 0 Å². The molecule has 0 bridgehead atoms. The van der Waals surface area contributed by atoms with E-state index in [9.17, 15) is 24.1 Å². The highest BCUT2D eigenvalue weighted by molar-refractivity contribution is 6.04. The van der Waals surface area contributed by atoms with Crippen LogP contribution in [0.1, 0.15) is 15.9 Å². The Bertz CT molecular complexity index is 1060. The molecule has 0 aliphatic rings. The van der Waals surface area contributed by atoms with Crippen molar-refractivity contribution in [2.75, 3.05) is 5.32 Å². The molecule has 1 N–H and O–H groups in total. The maximum Gasteiger partial charge on any atom is 0.269 e. The van der Waals surface area contributed by atoms with Crippen molar-refractivity contribution in [3.8, 4) is 0 Å². The van der Waals surface area contributed by atoms with Crippen LogP contribution < -0.4 is 10.9 Å². The van der Waals surface area contributed by atoms with Gasteiger partial charge in [-0.1, -0.05) is 12.1 Å². The summed E-state index contributed by atoms with van der Waals surface area (Å²) in [6.45, 7) is 0.120. The Labute approximate surface area is 152 Å². The molecule has 3 aromatic rings. The van der Waals surface area contributed by atoms with E-state index in [1.54, 1.807) is 18.2 Å². The smallest absolute Gasteiger partial charge is 0.269 e. The molecule has 0 aliphatic carbocycles. The minimum absolute atomic E-state index is 0.0905. The van der Waals surface area contributed by atoms with Gasteiger partial charge in [0.2, 0.25) is 0 Å². The number of pyridine rings is 1. The van der Waals surface area contributed by atoms with Gasteiger partial charge >= 0.3 is 0 Å². The van der Waals surface area contributed by atoms with E-state index >= 15 is 0 Å². The van der Waals surface area contributed by atoms with E-state index in [2.05, 4.69) is 5.32 Å². The lowest BCUT2D eigenvalue weighted by molar-refractivity contribution is -0.384. The lowest BCUT2D eigenvalue weighted by Gasteiger charge is -2.09. The Morgan fingerprint density at radius 2 is 1.85 bits per heavy atom. The summed E-state index contributed by atoms with van der Waals surface area (Å²) in [5.74, 6) is -1.05. The number of carbonyl (C=O) groups is 1. The highest BCUT2D eigenvalue weighted by Crippen LogP contribution is 2.16. The first-order valence-electron chi connectivity index (χ1n) is 7.94. The molecule has 0 fully saturated rings. The summed E-state index contributed by atoms with van der Waals surface area (Å²) in [4.78, 5) is 35.1. The number of hydrogen-bond donors (Lipinski definition) is 1. The summed E-state index contributed by atoms with van der Waals surface area (Å²) in [5, 5.41) is 13.2.